The summed E-state index contributed by atoms with van der Waals surface area (Å²) in [5.41, 5.74) is 0. The van der Waals surface area contributed by atoms with E-state index in [1.54, 1.807) is 0 Å². The first-order valence-electron chi connectivity index (χ1n) is 5.45. The van der Waals surface area contributed by atoms with Gasteiger partial charge < -0.3 is 14.5 Å². The van der Waals surface area contributed by atoms with Gasteiger partial charge in [-0.3, -0.25) is 4.52 Å². The van der Waals surface area contributed by atoms with Crippen molar-refractivity contribution in [3.8, 4) is 5.75 Å². The summed E-state index contributed by atoms with van der Waals surface area (Å²) in [6, 6.07) is 3.39. The van der Waals surface area contributed by atoms with Crippen LogP contribution in [0.5, 0.6) is 5.75 Å². The molecule has 0 aromatic heterocycles. The maximum absolute atomic E-state index is 11.9. The minimum Gasteiger partial charge on any atom is -0.406 e. The molecule has 0 saturated carbocycles. The molecule has 22 heavy (non-hydrogen) atoms. The minimum absolute atomic E-state index is 0.349. The Balaban J connectivity index is 2.64. The lowest BCUT2D eigenvalue weighted by molar-refractivity contribution is -0.274. The van der Waals surface area contributed by atoms with E-state index in [0.717, 1.165) is 24.3 Å². The molecule has 0 unspecified atom stereocenters. The van der Waals surface area contributed by atoms with E-state index in [0.29, 0.717) is 0 Å². The molecular formula is C9H11F3NO7PS. The first kappa shape index (κ1) is 18.9. The first-order valence-corrected chi connectivity index (χ1v) is 8.46. The van der Waals surface area contributed by atoms with Crippen LogP contribution in [-0.4, -0.2) is 37.7 Å². The summed E-state index contributed by atoms with van der Waals surface area (Å²) in [7, 11) is -8.76. The summed E-state index contributed by atoms with van der Waals surface area (Å²) in [6.07, 6.45) is -4.89. The summed E-state index contributed by atoms with van der Waals surface area (Å²) < 4.78 is 79.2. The van der Waals surface area contributed by atoms with Crippen molar-refractivity contribution in [1.29, 1.82) is 0 Å². The van der Waals surface area contributed by atoms with Crippen molar-refractivity contribution in [2.24, 2.45) is 0 Å². The fourth-order valence-corrected chi connectivity index (χ4v) is 2.59. The molecule has 0 amide bonds. The molecule has 0 saturated heterocycles. The number of rotatable bonds is 7. The molecule has 3 N–H and O–H groups in total. The summed E-state index contributed by atoms with van der Waals surface area (Å²) >= 11 is 0. The van der Waals surface area contributed by atoms with Gasteiger partial charge in [0.05, 0.1) is 11.5 Å². The fourth-order valence-electron chi connectivity index (χ4n) is 1.24. The molecule has 0 heterocycles. The van der Waals surface area contributed by atoms with E-state index in [2.05, 4.69) is 9.26 Å². The van der Waals surface area contributed by atoms with Crippen LogP contribution in [0.15, 0.2) is 29.2 Å². The quantitative estimate of drug-likeness (QED) is 0.486. The number of phosphoric ester groups is 1. The van der Waals surface area contributed by atoms with Crippen molar-refractivity contribution < 1.29 is 45.2 Å². The number of sulfonamides is 1. The third-order valence-corrected chi connectivity index (χ3v) is 4.02. The predicted octanol–water partition coefficient (Wildman–Crippen LogP) is 0.973. The number of nitrogens with one attached hydrogen (secondary N) is 1. The molecule has 126 valence electrons. The molecule has 0 bridgehead atoms. The maximum atomic E-state index is 11.9. The van der Waals surface area contributed by atoms with Crippen LogP contribution in [0, 0.1) is 0 Å². The Bertz CT molecular complexity index is 640. The van der Waals surface area contributed by atoms with Gasteiger partial charge in [-0.1, -0.05) is 0 Å². The van der Waals surface area contributed by atoms with Crippen LogP contribution in [0.25, 0.3) is 0 Å². The van der Waals surface area contributed by atoms with E-state index in [9.17, 15) is 26.2 Å². The van der Waals surface area contributed by atoms with Gasteiger partial charge in [-0.05, 0) is 24.3 Å². The number of halogens is 3. The molecule has 1 aromatic carbocycles. The Labute approximate surface area is 123 Å². The van der Waals surface area contributed by atoms with Crippen LogP contribution in [0.2, 0.25) is 0 Å². The molecule has 13 heteroatoms. The number of phosphoric acid groups is 1. The second-order valence-electron chi connectivity index (χ2n) is 3.74. The first-order chi connectivity index (χ1) is 9.89. The number of alkyl halides is 3. The highest BCUT2D eigenvalue weighted by Crippen LogP contribution is 2.35. The highest BCUT2D eigenvalue weighted by atomic mass is 32.2. The molecule has 0 atom stereocenters. The summed E-state index contributed by atoms with van der Waals surface area (Å²) in [5, 5.41) is 0. The van der Waals surface area contributed by atoms with Gasteiger partial charge in [0.25, 0.3) is 0 Å². The van der Waals surface area contributed by atoms with E-state index >= 15 is 0 Å². The number of hydrogen-bond donors (Lipinski definition) is 3. The predicted molar refractivity (Wildman–Crippen MR) is 66.3 cm³/mol. The average molecular weight is 365 g/mol. The van der Waals surface area contributed by atoms with Gasteiger partial charge in [-0.25, -0.2) is 17.7 Å². The summed E-state index contributed by atoms with van der Waals surface area (Å²) in [4.78, 5) is 16.4. The molecule has 0 fully saturated rings. The Morgan fingerprint density at radius 1 is 1.18 bits per heavy atom. The van der Waals surface area contributed by atoms with Gasteiger partial charge in [0, 0.05) is 6.54 Å². The van der Waals surface area contributed by atoms with E-state index in [-0.39, 0.29) is 4.90 Å². The largest absolute Gasteiger partial charge is 0.573 e. The molecule has 0 aliphatic heterocycles. The van der Waals surface area contributed by atoms with Crippen LogP contribution in [0.4, 0.5) is 13.2 Å². The van der Waals surface area contributed by atoms with Gasteiger partial charge in [-0.2, -0.15) is 0 Å². The number of ether oxygens (including phenoxy) is 1. The van der Waals surface area contributed by atoms with Crippen molar-refractivity contribution >= 4 is 17.8 Å². The van der Waals surface area contributed by atoms with E-state index in [1.807, 2.05) is 4.72 Å². The van der Waals surface area contributed by atoms with E-state index < -0.39 is 43.1 Å². The van der Waals surface area contributed by atoms with E-state index in [4.69, 9.17) is 9.79 Å². The minimum atomic E-state index is -4.89. The van der Waals surface area contributed by atoms with Crippen LogP contribution in [0.3, 0.4) is 0 Å². The molecule has 8 nitrogen and oxygen atoms in total. The van der Waals surface area contributed by atoms with Crippen molar-refractivity contribution in [2.75, 3.05) is 13.2 Å². The average Bonchev–Trinajstić information content (AvgIpc) is 2.32. The van der Waals surface area contributed by atoms with Gasteiger partial charge in [0.1, 0.15) is 5.75 Å². The lowest BCUT2D eigenvalue weighted by Gasteiger charge is -2.10. The van der Waals surface area contributed by atoms with Crippen molar-refractivity contribution in [1.82, 2.24) is 4.72 Å². The smallest absolute Gasteiger partial charge is 0.406 e. The lowest BCUT2D eigenvalue weighted by Crippen LogP contribution is -2.27. The monoisotopic (exact) mass is 365 g/mol. The Hall–Kier alpha value is -1.17. The Morgan fingerprint density at radius 3 is 2.18 bits per heavy atom. The zero-order valence-electron chi connectivity index (χ0n) is 10.6. The molecule has 0 aliphatic carbocycles. The third-order valence-electron chi connectivity index (χ3n) is 2.02. The second-order valence-corrected chi connectivity index (χ2v) is 6.75. The fraction of sp³-hybridized carbons (Fsp3) is 0.333. The molecule has 0 spiro atoms. The van der Waals surface area contributed by atoms with Crippen LogP contribution >= 0.6 is 7.82 Å². The number of hydrogen-bond acceptors (Lipinski definition) is 5. The van der Waals surface area contributed by atoms with E-state index in [1.165, 1.54) is 0 Å². The molecular weight excluding hydrogens is 354 g/mol. The SMILES string of the molecule is O=P(O)(O)OCCNS(=O)(=O)c1ccc(OC(F)(F)F)cc1. The molecule has 0 aliphatic rings. The highest BCUT2D eigenvalue weighted by Gasteiger charge is 2.31. The van der Waals surface area contributed by atoms with Gasteiger partial charge in [-0.15, -0.1) is 13.2 Å². The molecule has 1 rings (SSSR count). The van der Waals surface area contributed by atoms with Crippen LogP contribution < -0.4 is 9.46 Å². The van der Waals surface area contributed by atoms with Gasteiger partial charge in [0.2, 0.25) is 10.0 Å². The summed E-state index contributed by atoms with van der Waals surface area (Å²) in [5.74, 6) is -0.587. The topological polar surface area (TPSA) is 122 Å². The lowest BCUT2D eigenvalue weighted by atomic mass is 10.3. The third kappa shape index (κ3) is 7.20. The van der Waals surface area contributed by atoms with Gasteiger partial charge >= 0.3 is 14.2 Å². The highest BCUT2D eigenvalue weighted by molar-refractivity contribution is 7.89. The van der Waals surface area contributed by atoms with Crippen molar-refractivity contribution in [3.05, 3.63) is 24.3 Å². The summed E-state index contributed by atoms with van der Waals surface area (Å²) in [6.45, 7) is -1.02. The standard InChI is InChI=1S/C9H11F3NO7PS/c10-9(11,12)20-7-1-3-8(4-2-7)22(17,18)13-5-6-19-21(14,15)16/h1-4,13H,5-6H2,(H2,14,15,16). The molecule has 1 aromatic rings. The Morgan fingerprint density at radius 2 is 1.73 bits per heavy atom. The number of benzene rings is 1. The van der Waals surface area contributed by atoms with Gasteiger partial charge in [0.15, 0.2) is 0 Å². The maximum Gasteiger partial charge on any atom is 0.573 e. The zero-order chi connectivity index (χ0) is 17.0. The normalized spacial score (nSPS) is 13.1. The van der Waals surface area contributed by atoms with Crippen molar-refractivity contribution in [3.63, 3.8) is 0 Å². The van der Waals surface area contributed by atoms with Crippen LogP contribution in [0.1, 0.15) is 0 Å². The zero-order valence-corrected chi connectivity index (χ0v) is 12.4. The Kier molecular flexibility index (Phi) is 5.96. The molecule has 0 radical (unpaired) electrons. The second kappa shape index (κ2) is 6.94. The van der Waals surface area contributed by atoms with Crippen LogP contribution in [-0.2, 0) is 19.1 Å². The van der Waals surface area contributed by atoms with Crippen molar-refractivity contribution in [2.45, 2.75) is 11.3 Å².